The number of nitrogens with zero attached hydrogens (tertiary/aromatic N) is 1. The van der Waals surface area contributed by atoms with E-state index in [1.54, 1.807) is 6.21 Å². The van der Waals surface area contributed by atoms with Crippen LogP contribution in [0.4, 0.5) is 0 Å². The van der Waals surface area contributed by atoms with Crippen molar-refractivity contribution in [1.82, 2.24) is 5.43 Å². The van der Waals surface area contributed by atoms with E-state index in [4.69, 9.17) is 4.42 Å². The largest absolute Gasteiger partial charge is 0.466 e. The van der Waals surface area contributed by atoms with Crippen molar-refractivity contribution in [2.75, 3.05) is 0 Å². The molecular weight excluding hydrogens is 240 g/mol. The Hall–Kier alpha value is -2.36. The van der Waals surface area contributed by atoms with E-state index in [0.717, 1.165) is 17.1 Å². The second-order valence-electron chi connectivity index (χ2n) is 4.23. The van der Waals surface area contributed by atoms with Crippen molar-refractivity contribution in [2.24, 2.45) is 5.10 Å². The van der Waals surface area contributed by atoms with E-state index in [0.29, 0.717) is 12.8 Å². The highest BCUT2D eigenvalue weighted by molar-refractivity contribution is 5.79. The van der Waals surface area contributed by atoms with E-state index in [2.05, 4.69) is 10.5 Å². The molecule has 98 valence electrons. The molecule has 0 fully saturated rings. The minimum atomic E-state index is -0.127. The lowest BCUT2D eigenvalue weighted by Crippen LogP contribution is -2.19. The number of rotatable bonds is 5. The van der Waals surface area contributed by atoms with Crippen LogP contribution in [-0.2, 0) is 17.6 Å². The Bertz CT molecular complexity index is 559. The zero-order valence-corrected chi connectivity index (χ0v) is 10.8. The standard InChI is InChI=1S/C15H16N2O2/c1-12-7-8-14(19-12)9-10-16-17-15(18)11-13-5-3-2-4-6-13/h2-8,10H,9,11H2,1H3,(H,17,18). The fourth-order valence-electron chi connectivity index (χ4n) is 1.67. The van der Waals surface area contributed by atoms with Gasteiger partial charge in [-0.05, 0) is 24.6 Å². The van der Waals surface area contributed by atoms with Crippen LogP contribution in [0.2, 0.25) is 0 Å². The number of amides is 1. The third-order valence-corrected chi connectivity index (χ3v) is 2.58. The Morgan fingerprint density at radius 2 is 2.05 bits per heavy atom. The first-order valence-electron chi connectivity index (χ1n) is 6.13. The molecule has 0 radical (unpaired) electrons. The molecule has 0 unspecified atom stereocenters. The Kier molecular flexibility index (Phi) is 4.50. The molecule has 4 heteroatoms. The highest BCUT2D eigenvalue weighted by Gasteiger charge is 2.00. The predicted molar refractivity (Wildman–Crippen MR) is 73.9 cm³/mol. The average molecular weight is 256 g/mol. The van der Waals surface area contributed by atoms with Gasteiger partial charge in [-0.15, -0.1) is 0 Å². The van der Waals surface area contributed by atoms with Gasteiger partial charge in [0.1, 0.15) is 11.5 Å². The average Bonchev–Trinajstić information content (AvgIpc) is 2.82. The van der Waals surface area contributed by atoms with E-state index in [9.17, 15) is 4.79 Å². The zero-order chi connectivity index (χ0) is 13.5. The van der Waals surface area contributed by atoms with Gasteiger partial charge in [0, 0.05) is 12.6 Å². The third-order valence-electron chi connectivity index (χ3n) is 2.58. The maximum Gasteiger partial charge on any atom is 0.244 e. The Morgan fingerprint density at radius 1 is 1.26 bits per heavy atom. The summed E-state index contributed by atoms with van der Waals surface area (Å²) in [4.78, 5) is 11.6. The van der Waals surface area contributed by atoms with E-state index in [1.165, 1.54) is 0 Å². The molecule has 1 amide bonds. The lowest BCUT2D eigenvalue weighted by atomic mass is 10.1. The van der Waals surface area contributed by atoms with Gasteiger partial charge in [0.05, 0.1) is 6.42 Å². The van der Waals surface area contributed by atoms with Crippen LogP contribution < -0.4 is 5.43 Å². The maximum absolute atomic E-state index is 11.6. The molecule has 0 aliphatic carbocycles. The molecule has 1 N–H and O–H groups in total. The van der Waals surface area contributed by atoms with Crippen molar-refractivity contribution in [2.45, 2.75) is 19.8 Å². The van der Waals surface area contributed by atoms with E-state index in [-0.39, 0.29) is 5.91 Å². The second-order valence-corrected chi connectivity index (χ2v) is 4.23. The van der Waals surface area contributed by atoms with Crippen LogP contribution in [0.25, 0.3) is 0 Å². The molecule has 1 heterocycles. The summed E-state index contributed by atoms with van der Waals surface area (Å²) in [6.45, 7) is 1.89. The maximum atomic E-state index is 11.6. The van der Waals surface area contributed by atoms with Gasteiger partial charge in [0.25, 0.3) is 0 Å². The summed E-state index contributed by atoms with van der Waals surface area (Å²) in [5.74, 6) is 1.58. The lowest BCUT2D eigenvalue weighted by Gasteiger charge is -1.99. The molecule has 0 aliphatic rings. The molecule has 1 aromatic carbocycles. The fraction of sp³-hybridized carbons (Fsp3) is 0.200. The van der Waals surface area contributed by atoms with Crippen LogP contribution in [0.15, 0.2) is 52.0 Å². The molecule has 19 heavy (non-hydrogen) atoms. The quantitative estimate of drug-likeness (QED) is 0.660. The van der Waals surface area contributed by atoms with Gasteiger partial charge >= 0.3 is 0 Å². The van der Waals surface area contributed by atoms with Crippen molar-refractivity contribution in [3.8, 4) is 0 Å². The number of carbonyl (C=O) groups excluding carboxylic acids is 1. The third kappa shape index (κ3) is 4.43. The Morgan fingerprint density at radius 3 is 2.74 bits per heavy atom. The molecule has 1 aromatic heterocycles. The molecule has 0 bridgehead atoms. The van der Waals surface area contributed by atoms with Gasteiger partial charge in [0.15, 0.2) is 0 Å². The van der Waals surface area contributed by atoms with Gasteiger partial charge in [0.2, 0.25) is 5.91 Å². The smallest absolute Gasteiger partial charge is 0.244 e. The number of carbonyl (C=O) groups is 1. The van der Waals surface area contributed by atoms with Gasteiger partial charge in [-0.25, -0.2) is 5.43 Å². The number of furan rings is 1. The lowest BCUT2D eigenvalue weighted by molar-refractivity contribution is -0.120. The number of benzene rings is 1. The van der Waals surface area contributed by atoms with Gasteiger partial charge in [-0.2, -0.15) is 5.10 Å². The number of aryl methyl sites for hydroxylation is 1. The van der Waals surface area contributed by atoms with Crippen LogP contribution >= 0.6 is 0 Å². The summed E-state index contributed by atoms with van der Waals surface area (Å²) in [6.07, 6.45) is 2.53. The fourth-order valence-corrected chi connectivity index (χ4v) is 1.67. The van der Waals surface area contributed by atoms with Gasteiger partial charge < -0.3 is 4.42 Å². The molecule has 0 aliphatic heterocycles. The van der Waals surface area contributed by atoms with Crippen LogP contribution in [0.1, 0.15) is 17.1 Å². The second kappa shape index (κ2) is 6.54. The molecule has 0 atom stereocenters. The van der Waals surface area contributed by atoms with E-state index in [1.807, 2.05) is 49.4 Å². The summed E-state index contributed by atoms with van der Waals surface area (Å²) < 4.78 is 5.38. The Balaban J connectivity index is 1.74. The summed E-state index contributed by atoms with van der Waals surface area (Å²) in [5, 5.41) is 3.89. The molecular formula is C15H16N2O2. The van der Waals surface area contributed by atoms with Crippen LogP contribution in [0, 0.1) is 6.92 Å². The first kappa shape index (κ1) is 13.1. The minimum absolute atomic E-state index is 0.127. The summed E-state index contributed by atoms with van der Waals surface area (Å²) >= 11 is 0. The van der Waals surface area contributed by atoms with Crippen LogP contribution in [0.3, 0.4) is 0 Å². The topological polar surface area (TPSA) is 54.6 Å². The summed E-state index contributed by atoms with van der Waals surface area (Å²) in [7, 11) is 0. The van der Waals surface area contributed by atoms with Crippen molar-refractivity contribution >= 4 is 12.1 Å². The van der Waals surface area contributed by atoms with E-state index < -0.39 is 0 Å². The molecule has 4 nitrogen and oxygen atoms in total. The van der Waals surface area contributed by atoms with Crippen molar-refractivity contribution in [1.29, 1.82) is 0 Å². The minimum Gasteiger partial charge on any atom is -0.466 e. The number of hydrazone groups is 1. The number of hydrogen-bond acceptors (Lipinski definition) is 3. The monoisotopic (exact) mass is 256 g/mol. The Labute approximate surface area is 112 Å². The molecule has 0 spiro atoms. The number of nitrogens with one attached hydrogen (secondary N) is 1. The number of hydrogen-bond donors (Lipinski definition) is 1. The highest BCUT2D eigenvalue weighted by atomic mass is 16.3. The first-order valence-corrected chi connectivity index (χ1v) is 6.13. The first-order chi connectivity index (χ1) is 9.24. The molecule has 0 saturated carbocycles. The van der Waals surface area contributed by atoms with Crippen LogP contribution in [0.5, 0.6) is 0 Å². The highest BCUT2D eigenvalue weighted by Crippen LogP contribution is 2.05. The molecule has 2 aromatic rings. The van der Waals surface area contributed by atoms with Gasteiger partial charge in [-0.3, -0.25) is 4.79 Å². The van der Waals surface area contributed by atoms with Crippen molar-refractivity contribution in [3.05, 3.63) is 59.5 Å². The summed E-state index contributed by atoms with van der Waals surface area (Å²) in [5.41, 5.74) is 3.47. The van der Waals surface area contributed by atoms with Crippen LogP contribution in [-0.4, -0.2) is 12.1 Å². The van der Waals surface area contributed by atoms with Crippen molar-refractivity contribution < 1.29 is 9.21 Å². The molecule has 0 saturated heterocycles. The van der Waals surface area contributed by atoms with E-state index >= 15 is 0 Å². The predicted octanol–water partition coefficient (Wildman–Crippen LogP) is 2.48. The molecule has 2 rings (SSSR count). The normalized spacial score (nSPS) is 10.8. The summed E-state index contributed by atoms with van der Waals surface area (Å²) in [6, 6.07) is 13.4. The van der Waals surface area contributed by atoms with Crippen molar-refractivity contribution in [3.63, 3.8) is 0 Å². The van der Waals surface area contributed by atoms with Gasteiger partial charge in [-0.1, -0.05) is 30.3 Å². The zero-order valence-electron chi connectivity index (χ0n) is 10.8. The SMILES string of the molecule is Cc1ccc(CC=NNC(=O)Cc2ccccc2)o1.